The summed E-state index contributed by atoms with van der Waals surface area (Å²) in [5.41, 5.74) is 4.04. The molecule has 0 bridgehead atoms. The molecule has 5 nitrogen and oxygen atoms in total. The lowest BCUT2D eigenvalue weighted by Crippen LogP contribution is -2.46. The number of benzene rings is 1. The van der Waals surface area contributed by atoms with Gasteiger partial charge >= 0.3 is 0 Å². The van der Waals surface area contributed by atoms with Gasteiger partial charge in [-0.25, -0.2) is 18.1 Å². The summed E-state index contributed by atoms with van der Waals surface area (Å²) < 4.78 is 27.9. The Morgan fingerprint density at radius 2 is 1.92 bits per heavy atom. The van der Waals surface area contributed by atoms with Crippen LogP contribution in [0.1, 0.15) is 46.5 Å². The zero-order valence-corrected chi connectivity index (χ0v) is 16.7. The molecule has 1 fully saturated rings. The zero-order valence-electron chi connectivity index (χ0n) is 15.1. The van der Waals surface area contributed by atoms with E-state index in [0.29, 0.717) is 5.92 Å². The maximum absolute atomic E-state index is 12.3. The number of anilines is 1. The quantitative estimate of drug-likeness (QED) is 0.822. The largest absolute Gasteiger partial charge is 0.385 e. The lowest BCUT2D eigenvalue weighted by atomic mass is 9.86. The molecule has 25 heavy (non-hydrogen) atoms. The van der Waals surface area contributed by atoms with E-state index in [1.165, 1.54) is 4.70 Å². The average molecular weight is 382 g/mol. The predicted molar refractivity (Wildman–Crippen MR) is 106 cm³/mol. The molecule has 2 aromatic rings. The highest BCUT2D eigenvalue weighted by Crippen LogP contribution is 2.27. The standard InChI is InChI=1S/C18H27N3O2S2/c1-18(2,3)25(22,23)21-14-6-4-13(5-7-14)11-19-15-8-9-16-17(10-15)24-12-20-16/h8-10,12-14,19,21H,4-7,11H2,1-3H3. The van der Waals surface area contributed by atoms with E-state index in [9.17, 15) is 8.42 Å². The molecule has 0 atom stereocenters. The first-order chi connectivity index (χ1) is 11.7. The number of nitrogens with zero attached hydrogens (tertiary/aromatic N) is 1. The van der Waals surface area contributed by atoms with Crippen molar-refractivity contribution >= 4 is 37.3 Å². The Bertz CT molecular complexity index is 816. The molecular formula is C18H27N3O2S2. The molecule has 1 aliphatic rings. The van der Waals surface area contributed by atoms with Crippen molar-refractivity contribution in [3.05, 3.63) is 23.7 Å². The van der Waals surface area contributed by atoms with Gasteiger partial charge in [0.1, 0.15) is 0 Å². The van der Waals surface area contributed by atoms with E-state index in [0.717, 1.165) is 43.4 Å². The van der Waals surface area contributed by atoms with Crippen molar-refractivity contribution in [3.63, 3.8) is 0 Å². The van der Waals surface area contributed by atoms with Crippen LogP contribution in [-0.4, -0.2) is 30.7 Å². The highest BCUT2D eigenvalue weighted by molar-refractivity contribution is 7.90. The van der Waals surface area contributed by atoms with Crippen LogP contribution in [0.2, 0.25) is 0 Å². The molecule has 1 saturated carbocycles. The maximum atomic E-state index is 12.3. The van der Waals surface area contributed by atoms with Gasteiger partial charge in [-0.1, -0.05) is 0 Å². The Morgan fingerprint density at radius 3 is 2.60 bits per heavy atom. The molecule has 0 aliphatic heterocycles. The second kappa shape index (κ2) is 7.21. The molecule has 2 N–H and O–H groups in total. The fourth-order valence-electron chi connectivity index (χ4n) is 3.11. The number of thiazole rings is 1. The lowest BCUT2D eigenvalue weighted by molar-refractivity contribution is 0.322. The van der Waals surface area contributed by atoms with Crippen LogP contribution in [0.25, 0.3) is 10.2 Å². The van der Waals surface area contributed by atoms with E-state index < -0.39 is 14.8 Å². The molecule has 0 amide bonds. The normalized spacial score (nSPS) is 22.2. The van der Waals surface area contributed by atoms with E-state index in [1.807, 2.05) is 11.6 Å². The van der Waals surface area contributed by atoms with Crippen molar-refractivity contribution in [3.8, 4) is 0 Å². The first kappa shape index (κ1) is 18.6. The molecule has 0 unspecified atom stereocenters. The summed E-state index contributed by atoms with van der Waals surface area (Å²) >= 11 is 1.65. The van der Waals surface area contributed by atoms with Gasteiger partial charge in [0.25, 0.3) is 0 Å². The van der Waals surface area contributed by atoms with Crippen LogP contribution in [0.5, 0.6) is 0 Å². The SMILES string of the molecule is CC(C)(C)S(=O)(=O)NC1CCC(CNc2ccc3ncsc3c2)CC1. The number of fused-ring (bicyclic) bond motifs is 1. The molecule has 1 aliphatic carbocycles. The highest BCUT2D eigenvalue weighted by atomic mass is 32.2. The minimum Gasteiger partial charge on any atom is -0.385 e. The van der Waals surface area contributed by atoms with Gasteiger partial charge in [-0.3, -0.25) is 0 Å². The summed E-state index contributed by atoms with van der Waals surface area (Å²) in [6.45, 7) is 6.16. The first-order valence-corrected chi connectivity index (χ1v) is 11.2. The molecule has 7 heteroatoms. The van der Waals surface area contributed by atoms with E-state index in [-0.39, 0.29) is 6.04 Å². The number of sulfonamides is 1. The molecule has 1 aromatic carbocycles. The van der Waals surface area contributed by atoms with Gasteiger partial charge in [-0.15, -0.1) is 11.3 Å². The Kier molecular flexibility index (Phi) is 5.37. The van der Waals surface area contributed by atoms with E-state index in [2.05, 4.69) is 27.2 Å². The van der Waals surface area contributed by atoms with Crippen LogP contribution in [-0.2, 0) is 10.0 Å². The Balaban J connectivity index is 1.48. The predicted octanol–water partition coefficient (Wildman–Crippen LogP) is 3.98. The molecule has 3 rings (SSSR count). The monoisotopic (exact) mass is 381 g/mol. The smallest absolute Gasteiger partial charge is 0.216 e. The van der Waals surface area contributed by atoms with Gasteiger partial charge in [0, 0.05) is 18.3 Å². The van der Waals surface area contributed by atoms with Gasteiger partial charge < -0.3 is 5.32 Å². The van der Waals surface area contributed by atoms with Crippen LogP contribution < -0.4 is 10.0 Å². The second-order valence-corrected chi connectivity index (χ2v) is 11.2. The first-order valence-electron chi connectivity index (χ1n) is 8.83. The molecular weight excluding hydrogens is 354 g/mol. The molecule has 0 spiro atoms. The van der Waals surface area contributed by atoms with Crippen LogP contribution in [0.15, 0.2) is 23.7 Å². The molecule has 0 saturated heterocycles. The third-order valence-corrected chi connectivity index (χ3v) is 7.95. The topological polar surface area (TPSA) is 71.1 Å². The van der Waals surface area contributed by atoms with E-state index >= 15 is 0 Å². The summed E-state index contributed by atoms with van der Waals surface area (Å²) in [4.78, 5) is 4.30. The third-order valence-electron chi connectivity index (χ3n) is 4.90. The van der Waals surface area contributed by atoms with E-state index in [1.54, 1.807) is 32.1 Å². The van der Waals surface area contributed by atoms with E-state index in [4.69, 9.17) is 0 Å². The maximum Gasteiger partial charge on any atom is 0.216 e. The fraction of sp³-hybridized carbons (Fsp3) is 0.611. The number of nitrogens with one attached hydrogen (secondary N) is 2. The number of hydrogen-bond acceptors (Lipinski definition) is 5. The third kappa shape index (κ3) is 4.51. The molecule has 1 aromatic heterocycles. The number of hydrogen-bond donors (Lipinski definition) is 2. The van der Waals surface area contributed by atoms with Crippen molar-refractivity contribution in [2.24, 2.45) is 5.92 Å². The lowest BCUT2D eigenvalue weighted by Gasteiger charge is -2.31. The van der Waals surface area contributed by atoms with Crippen LogP contribution in [0.4, 0.5) is 5.69 Å². The van der Waals surface area contributed by atoms with Gasteiger partial charge in [0.2, 0.25) is 10.0 Å². The zero-order chi connectivity index (χ0) is 18.1. The van der Waals surface area contributed by atoms with Crippen molar-refractivity contribution < 1.29 is 8.42 Å². The number of aromatic nitrogens is 1. The summed E-state index contributed by atoms with van der Waals surface area (Å²) in [5, 5.41) is 3.52. The summed E-state index contributed by atoms with van der Waals surface area (Å²) in [6, 6.07) is 6.35. The average Bonchev–Trinajstić information content (AvgIpc) is 3.00. The number of rotatable bonds is 5. The highest BCUT2D eigenvalue weighted by Gasteiger charge is 2.32. The summed E-state index contributed by atoms with van der Waals surface area (Å²) in [6.07, 6.45) is 3.92. The van der Waals surface area contributed by atoms with Crippen LogP contribution in [0, 0.1) is 5.92 Å². The van der Waals surface area contributed by atoms with Gasteiger partial charge in [0.05, 0.1) is 20.5 Å². The summed E-state index contributed by atoms with van der Waals surface area (Å²) in [7, 11) is -3.26. The van der Waals surface area contributed by atoms with Crippen molar-refractivity contribution in [2.45, 2.75) is 57.2 Å². The molecule has 0 radical (unpaired) electrons. The van der Waals surface area contributed by atoms with Crippen LogP contribution >= 0.6 is 11.3 Å². The Morgan fingerprint density at radius 1 is 1.20 bits per heavy atom. The van der Waals surface area contributed by atoms with Crippen molar-refractivity contribution in [1.29, 1.82) is 0 Å². The Labute approximate surface area is 154 Å². The fourth-order valence-corrected chi connectivity index (χ4v) is 4.85. The minimum atomic E-state index is -3.26. The Hall–Kier alpha value is -1.18. The van der Waals surface area contributed by atoms with Gasteiger partial charge in [-0.2, -0.15) is 0 Å². The minimum absolute atomic E-state index is 0.0778. The van der Waals surface area contributed by atoms with Gasteiger partial charge in [0.15, 0.2) is 0 Å². The van der Waals surface area contributed by atoms with Gasteiger partial charge in [-0.05, 0) is 70.6 Å². The van der Waals surface area contributed by atoms with Crippen LogP contribution in [0.3, 0.4) is 0 Å². The summed E-state index contributed by atoms with van der Waals surface area (Å²) in [5.74, 6) is 0.590. The van der Waals surface area contributed by atoms with Crippen molar-refractivity contribution in [2.75, 3.05) is 11.9 Å². The molecule has 138 valence electrons. The second-order valence-electron chi connectivity index (χ2n) is 7.87. The van der Waals surface area contributed by atoms with Crippen molar-refractivity contribution in [1.82, 2.24) is 9.71 Å². The molecule has 1 heterocycles.